The van der Waals surface area contributed by atoms with Crippen molar-refractivity contribution in [3.8, 4) is 0 Å². The van der Waals surface area contributed by atoms with Gasteiger partial charge in [0.05, 0.1) is 12.6 Å². The van der Waals surface area contributed by atoms with E-state index >= 15 is 0 Å². The third-order valence-electron chi connectivity index (χ3n) is 3.04. The van der Waals surface area contributed by atoms with Gasteiger partial charge in [-0.25, -0.2) is 0 Å². The number of hydrogen-bond acceptors (Lipinski definition) is 3. The van der Waals surface area contributed by atoms with E-state index in [9.17, 15) is 4.79 Å². The Bertz CT molecular complexity index is 374. The summed E-state index contributed by atoms with van der Waals surface area (Å²) >= 11 is 0. The fourth-order valence-electron chi connectivity index (χ4n) is 1.95. The lowest BCUT2D eigenvalue weighted by molar-refractivity contribution is -0.139. The summed E-state index contributed by atoms with van der Waals surface area (Å²) in [7, 11) is 0. The van der Waals surface area contributed by atoms with E-state index in [2.05, 4.69) is 0 Å². The second-order valence-electron chi connectivity index (χ2n) is 4.30. The molecule has 0 bridgehead atoms. The average molecular weight is 234 g/mol. The molecule has 1 fully saturated rings. The van der Waals surface area contributed by atoms with Gasteiger partial charge in [0.15, 0.2) is 0 Å². The van der Waals surface area contributed by atoms with E-state index in [-0.39, 0.29) is 12.0 Å². The van der Waals surface area contributed by atoms with Gasteiger partial charge in [-0.05, 0) is 19.1 Å². The number of likely N-dealkylation sites (N-methyl/N-ethyl adjacent to an activating group) is 1. The van der Waals surface area contributed by atoms with Gasteiger partial charge in [0, 0.05) is 25.3 Å². The van der Waals surface area contributed by atoms with Gasteiger partial charge in [-0.3, -0.25) is 4.79 Å². The molecule has 0 spiro atoms. The highest BCUT2D eigenvalue weighted by Crippen LogP contribution is 2.14. The van der Waals surface area contributed by atoms with Crippen molar-refractivity contribution in [2.45, 2.75) is 13.0 Å². The van der Waals surface area contributed by atoms with Crippen LogP contribution < -0.4 is 4.90 Å². The summed E-state index contributed by atoms with van der Waals surface area (Å²) in [5, 5.41) is 9.17. The van der Waals surface area contributed by atoms with Crippen LogP contribution in [0.3, 0.4) is 0 Å². The van der Waals surface area contributed by atoms with Gasteiger partial charge in [-0.1, -0.05) is 18.2 Å². The second-order valence-corrected chi connectivity index (χ2v) is 4.30. The maximum atomic E-state index is 11.9. The predicted octanol–water partition coefficient (Wildman–Crippen LogP) is 0.716. The summed E-state index contributed by atoms with van der Waals surface area (Å²) in [5.41, 5.74) is 1.06. The Hall–Kier alpha value is -1.55. The number of aliphatic hydroxyl groups is 1. The SMILES string of the molecule is CCN(CC(=O)N1CC(O)C1)c1ccccc1. The minimum absolute atomic E-state index is 0.0843. The van der Waals surface area contributed by atoms with Crippen LogP contribution in [0.2, 0.25) is 0 Å². The molecule has 0 aliphatic carbocycles. The molecule has 0 aromatic heterocycles. The number of carbonyl (C=O) groups excluding carboxylic acids is 1. The number of amides is 1. The molecule has 0 radical (unpaired) electrons. The predicted molar refractivity (Wildman–Crippen MR) is 66.9 cm³/mol. The van der Waals surface area contributed by atoms with Crippen LogP contribution in [-0.2, 0) is 4.79 Å². The molecule has 2 rings (SSSR count). The van der Waals surface area contributed by atoms with Crippen molar-refractivity contribution in [2.75, 3.05) is 31.1 Å². The minimum Gasteiger partial charge on any atom is -0.389 e. The van der Waals surface area contributed by atoms with Crippen LogP contribution in [0.15, 0.2) is 30.3 Å². The lowest BCUT2D eigenvalue weighted by atomic mass is 10.1. The first-order chi connectivity index (χ1) is 8.20. The Balaban J connectivity index is 1.94. The molecule has 4 heteroatoms. The Morgan fingerprint density at radius 3 is 2.59 bits per heavy atom. The van der Waals surface area contributed by atoms with Crippen LogP contribution in [0, 0.1) is 0 Å². The number of carbonyl (C=O) groups is 1. The fourth-order valence-corrected chi connectivity index (χ4v) is 1.95. The van der Waals surface area contributed by atoms with E-state index in [0.717, 1.165) is 12.2 Å². The molecular formula is C13H18N2O2. The standard InChI is InChI=1S/C13H18N2O2/c1-2-14(11-6-4-3-5-7-11)10-13(17)15-8-12(16)9-15/h3-7,12,16H,2,8-10H2,1H3. The molecule has 1 aromatic carbocycles. The lowest BCUT2D eigenvalue weighted by Gasteiger charge is -2.37. The largest absolute Gasteiger partial charge is 0.389 e. The molecule has 92 valence electrons. The molecule has 1 aliphatic rings. The first kappa shape index (κ1) is 11.9. The first-order valence-corrected chi connectivity index (χ1v) is 5.96. The summed E-state index contributed by atoms with van der Waals surface area (Å²) in [6, 6.07) is 9.90. The Morgan fingerprint density at radius 1 is 1.41 bits per heavy atom. The minimum atomic E-state index is -0.328. The van der Waals surface area contributed by atoms with E-state index in [1.165, 1.54) is 0 Å². The number of para-hydroxylation sites is 1. The summed E-state index contributed by atoms with van der Waals surface area (Å²) < 4.78 is 0. The highest BCUT2D eigenvalue weighted by atomic mass is 16.3. The molecule has 1 aromatic rings. The van der Waals surface area contributed by atoms with Gasteiger partial charge in [0.25, 0.3) is 0 Å². The molecule has 0 saturated carbocycles. The van der Waals surface area contributed by atoms with E-state index in [1.807, 2.05) is 42.2 Å². The topological polar surface area (TPSA) is 43.8 Å². The van der Waals surface area contributed by atoms with Gasteiger partial charge >= 0.3 is 0 Å². The number of nitrogens with zero attached hydrogens (tertiary/aromatic N) is 2. The van der Waals surface area contributed by atoms with Crippen LogP contribution in [-0.4, -0.2) is 48.2 Å². The number of likely N-dealkylation sites (tertiary alicyclic amines) is 1. The molecule has 1 N–H and O–H groups in total. The van der Waals surface area contributed by atoms with Crippen molar-refractivity contribution < 1.29 is 9.90 Å². The maximum Gasteiger partial charge on any atom is 0.242 e. The molecule has 4 nitrogen and oxygen atoms in total. The van der Waals surface area contributed by atoms with Gasteiger partial charge in [-0.2, -0.15) is 0 Å². The molecule has 1 aliphatic heterocycles. The van der Waals surface area contributed by atoms with Crippen LogP contribution in [0.4, 0.5) is 5.69 Å². The molecule has 0 unspecified atom stereocenters. The summed E-state index contributed by atoms with van der Waals surface area (Å²) in [6.07, 6.45) is -0.328. The Kier molecular flexibility index (Phi) is 3.64. The highest BCUT2D eigenvalue weighted by molar-refractivity contribution is 5.82. The normalized spacial score (nSPS) is 15.5. The number of β-amino-alcohol motifs (C(OH)–C–C–N with tert-alkyl or cyclic N) is 1. The number of hydrogen-bond donors (Lipinski definition) is 1. The Labute approximate surface area is 101 Å². The Morgan fingerprint density at radius 2 is 2.06 bits per heavy atom. The molecule has 17 heavy (non-hydrogen) atoms. The van der Waals surface area contributed by atoms with Crippen molar-refractivity contribution in [1.29, 1.82) is 0 Å². The summed E-state index contributed by atoms with van der Waals surface area (Å²) in [6.45, 7) is 4.17. The van der Waals surface area contributed by atoms with Crippen LogP contribution in [0.5, 0.6) is 0 Å². The van der Waals surface area contributed by atoms with Crippen molar-refractivity contribution in [3.63, 3.8) is 0 Å². The number of rotatable bonds is 4. The summed E-state index contributed by atoms with van der Waals surface area (Å²) in [5.74, 6) is 0.0843. The van der Waals surface area contributed by atoms with E-state index in [0.29, 0.717) is 19.6 Å². The molecule has 0 atom stereocenters. The third kappa shape index (κ3) is 2.77. The zero-order chi connectivity index (χ0) is 12.3. The first-order valence-electron chi connectivity index (χ1n) is 5.96. The number of benzene rings is 1. The van der Waals surface area contributed by atoms with E-state index < -0.39 is 0 Å². The zero-order valence-corrected chi connectivity index (χ0v) is 10.0. The zero-order valence-electron chi connectivity index (χ0n) is 10.0. The number of aliphatic hydroxyl groups excluding tert-OH is 1. The molecule has 1 saturated heterocycles. The summed E-state index contributed by atoms with van der Waals surface area (Å²) in [4.78, 5) is 15.6. The van der Waals surface area contributed by atoms with Crippen molar-refractivity contribution in [3.05, 3.63) is 30.3 Å². The van der Waals surface area contributed by atoms with Gasteiger partial charge in [-0.15, -0.1) is 0 Å². The highest BCUT2D eigenvalue weighted by Gasteiger charge is 2.29. The van der Waals surface area contributed by atoms with Crippen molar-refractivity contribution in [2.24, 2.45) is 0 Å². The molecule has 1 amide bonds. The number of anilines is 1. The van der Waals surface area contributed by atoms with Crippen molar-refractivity contribution >= 4 is 11.6 Å². The average Bonchev–Trinajstić information content (AvgIpc) is 2.33. The van der Waals surface area contributed by atoms with Gasteiger partial charge in [0.2, 0.25) is 5.91 Å². The molecular weight excluding hydrogens is 216 g/mol. The third-order valence-corrected chi connectivity index (χ3v) is 3.04. The second kappa shape index (κ2) is 5.19. The van der Waals surface area contributed by atoms with Crippen LogP contribution in [0.1, 0.15) is 6.92 Å². The van der Waals surface area contributed by atoms with Crippen LogP contribution >= 0.6 is 0 Å². The van der Waals surface area contributed by atoms with E-state index in [1.54, 1.807) is 4.90 Å². The molecule has 1 heterocycles. The fraction of sp³-hybridized carbons (Fsp3) is 0.462. The van der Waals surface area contributed by atoms with Crippen molar-refractivity contribution in [1.82, 2.24) is 4.90 Å². The maximum absolute atomic E-state index is 11.9. The lowest BCUT2D eigenvalue weighted by Crippen LogP contribution is -2.56. The monoisotopic (exact) mass is 234 g/mol. The smallest absolute Gasteiger partial charge is 0.242 e. The van der Waals surface area contributed by atoms with Gasteiger partial charge < -0.3 is 14.9 Å². The van der Waals surface area contributed by atoms with Crippen LogP contribution in [0.25, 0.3) is 0 Å². The quantitative estimate of drug-likeness (QED) is 0.834. The van der Waals surface area contributed by atoms with Gasteiger partial charge in [0.1, 0.15) is 0 Å². The van der Waals surface area contributed by atoms with E-state index in [4.69, 9.17) is 5.11 Å².